The normalized spacial score (nSPS) is 12.9. The van der Waals surface area contributed by atoms with Gasteiger partial charge in [-0.1, -0.05) is 0 Å². The van der Waals surface area contributed by atoms with E-state index in [2.05, 4.69) is 0 Å². The molecular formula is C9EuF15O6. The number of carboxylic acid groups (broad SMARTS) is 3. The average molecular weight is 641 g/mol. The van der Waals surface area contributed by atoms with Gasteiger partial charge in [-0.3, -0.25) is 0 Å². The maximum atomic E-state index is 11.3. The second-order valence-electron chi connectivity index (χ2n) is 4.08. The van der Waals surface area contributed by atoms with Crippen LogP contribution in [-0.4, -0.2) is 54.2 Å². The zero-order valence-corrected chi connectivity index (χ0v) is 15.4. The van der Waals surface area contributed by atoms with E-state index in [-0.39, 0.29) is 49.4 Å². The minimum absolute atomic E-state index is 0. The van der Waals surface area contributed by atoms with Crippen LogP contribution in [0.4, 0.5) is 65.9 Å². The molecule has 0 aliphatic carbocycles. The van der Waals surface area contributed by atoms with E-state index in [0.717, 1.165) is 0 Å². The molecule has 0 bridgehead atoms. The van der Waals surface area contributed by atoms with Crippen LogP contribution in [0.25, 0.3) is 0 Å². The fourth-order valence-electron chi connectivity index (χ4n) is 0.347. The molecule has 0 unspecified atom stereocenters. The predicted molar refractivity (Wildman–Crippen MR) is 48.0 cm³/mol. The third kappa shape index (κ3) is 10.9. The Hall–Kier alpha value is -1.06. The monoisotopic (exact) mass is 642 g/mol. The van der Waals surface area contributed by atoms with Crippen LogP contribution in [0.15, 0.2) is 0 Å². The number of aliphatic carboxylic acids is 3. The number of hydrogen-bond acceptors (Lipinski definition) is 6. The van der Waals surface area contributed by atoms with Crippen molar-refractivity contribution in [2.24, 2.45) is 0 Å². The zero-order chi connectivity index (χ0) is 25.7. The van der Waals surface area contributed by atoms with Gasteiger partial charge in [0.25, 0.3) is 0 Å². The van der Waals surface area contributed by atoms with Gasteiger partial charge in [-0.05, 0) is 0 Å². The SMILES string of the molecule is O=C([O-])C(F)(F)C(F)(F)F.O=C([O-])C(F)(F)C(F)(F)F.O=C([O-])C(F)(F)C(F)(F)F.[Eu+3]. The zero-order valence-electron chi connectivity index (χ0n) is 13.0. The summed E-state index contributed by atoms with van der Waals surface area (Å²) in [5.74, 6) is -27.6. The van der Waals surface area contributed by atoms with Crippen LogP contribution in [0, 0.1) is 49.4 Å². The first-order valence-corrected chi connectivity index (χ1v) is 5.56. The molecule has 184 valence electrons. The summed E-state index contributed by atoms with van der Waals surface area (Å²) in [5.41, 5.74) is 0. The van der Waals surface area contributed by atoms with Crippen LogP contribution in [0.1, 0.15) is 0 Å². The van der Waals surface area contributed by atoms with E-state index in [4.69, 9.17) is 29.7 Å². The number of carbonyl (C=O) groups excluding carboxylic acids is 3. The Balaban J connectivity index is -0.000000174. The van der Waals surface area contributed by atoms with Crippen LogP contribution in [-0.2, 0) is 14.4 Å². The van der Waals surface area contributed by atoms with Crippen molar-refractivity contribution in [2.45, 2.75) is 36.3 Å². The number of hydrogen-bond donors (Lipinski definition) is 0. The van der Waals surface area contributed by atoms with Gasteiger partial charge >= 0.3 is 85.7 Å². The number of carbonyl (C=O) groups is 3. The smallest absolute Gasteiger partial charge is 0.544 e. The largest absolute Gasteiger partial charge is 3.00 e. The molecule has 0 rings (SSSR count). The topological polar surface area (TPSA) is 120 Å². The van der Waals surface area contributed by atoms with Crippen molar-refractivity contribution in [3.8, 4) is 0 Å². The van der Waals surface area contributed by atoms with Crippen molar-refractivity contribution in [3.63, 3.8) is 0 Å². The number of alkyl halides is 15. The van der Waals surface area contributed by atoms with Crippen LogP contribution in [0.3, 0.4) is 0 Å². The maximum Gasteiger partial charge on any atom is 3.00 e. The van der Waals surface area contributed by atoms with Gasteiger partial charge in [0.1, 0.15) is 17.9 Å². The van der Waals surface area contributed by atoms with Gasteiger partial charge in [0.15, 0.2) is 0 Å². The fourth-order valence-corrected chi connectivity index (χ4v) is 0.347. The molecule has 0 fully saturated rings. The first-order valence-electron chi connectivity index (χ1n) is 5.56. The van der Waals surface area contributed by atoms with E-state index in [9.17, 15) is 65.9 Å². The molecule has 6 nitrogen and oxygen atoms in total. The van der Waals surface area contributed by atoms with Crippen molar-refractivity contribution < 1.29 is 145 Å². The molecule has 0 aromatic rings. The van der Waals surface area contributed by atoms with Gasteiger partial charge in [-0.25, -0.2) is 0 Å². The van der Waals surface area contributed by atoms with Gasteiger partial charge in [0.05, 0.1) is 0 Å². The number of halogens is 15. The molecule has 0 aromatic carbocycles. The number of carboxylic acids is 3. The van der Waals surface area contributed by atoms with E-state index in [1.165, 1.54) is 0 Å². The summed E-state index contributed by atoms with van der Waals surface area (Å²) in [5, 5.41) is 27.3. The Kier molecular flexibility index (Phi) is 14.1. The van der Waals surface area contributed by atoms with Crippen molar-refractivity contribution in [1.29, 1.82) is 0 Å². The van der Waals surface area contributed by atoms with Gasteiger partial charge in [-0.2, -0.15) is 65.9 Å². The summed E-state index contributed by atoms with van der Waals surface area (Å²) in [7, 11) is 0. The van der Waals surface area contributed by atoms with Crippen LogP contribution in [0.5, 0.6) is 0 Å². The Morgan fingerprint density at radius 1 is 0.387 bits per heavy atom. The quantitative estimate of drug-likeness (QED) is 0.394. The van der Waals surface area contributed by atoms with Crippen molar-refractivity contribution in [3.05, 3.63) is 0 Å². The van der Waals surface area contributed by atoms with Crippen LogP contribution >= 0.6 is 0 Å². The fraction of sp³-hybridized carbons (Fsp3) is 0.667. The summed E-state index contributed by atoms with van der Waals surface area (Å²) in [6, 6.07) is 0. The Morgan fingerprint density at radius 3 is 0.484 bits per heavy atom. The molecule has 0 saturated heterocycles. The third-order valence-electron chi connectivity index (χ3n) is 1.84. The molecule has 0 N–H and O–H groups in total. The minimum Gasteiger partial charge on any atom is -0.544 e. The first kappa shape index (κ1) is 37.3. The van der Waals surface area contributed by atoms with Crippen molar-refractivity contribution in [2.75, 3.05) is 0 Å². The summed E-state index contributed by atoms with van der Waals surface area (Å²) in [6.45, 7) is 0. The Labute approximate surface area is 198 Å². The molecule has 0 aliphatic rings. The van der Waals surface area contributed by atoms with Crippen LogP contribution < -0.4 is 15.3 Å². The summed E-state index contributed by atoms with van der Waals surface area (Å²) in [4.78, 5) is 27.3. The molecule has 0 radical (unpaired) electrons. The van der Waals surface area contributed by atoms with Gasteiger partial charge in [-0.15, -0.1) is 0 Å². The van der Waals surface area contributed by atoms with E-state index < -0.39 is 54.2 Å². The molecule has 22 heteroatoms. The summed E-state index contributed by atoms with van der Waals surface area (Å²) in [6.07, 6.45) is -18.2. The standard InChI is InChI=1S/3C3HF5O2.Eu/c3*4-2(5,1(9)10)3(6,7)8;/h3*(H,9,10);/q;;;+3/p-3. The molecule has 0 spiro atoms. The van der Waals surface area contributed by atoms with E-state index in [1.54, 1.807) is 0 Å². The van der Waals surface area contributed by atoms with Crippen LogP contribution in [0.2, 0.25) is 0 Å². The third-order valence-corrected chi connectivity index (χ3v) is 1.84. The van der Waals surface area contributed by atoms with Gasteiger partial charge < -0.3 is 29.7 Å². The average Bonchev–Trinajstić information content (AvgIpc) is 2.44. The first-order chi connectivity index (χ1) is 12.6. The predicted octanol–water partition coefficient (Wildman–Crippen LogP) is -0.198. The maximum absolute atomic E-state index is 11.3. The van der Waals surface area contributed by atoms with Gasteiger partial charge in [0.2, 0.25) is 0 Å². The summed E-state index contributed by atoms with van der Waals surface area (Å²) < 4.78 is 166. The molecule has 0 atom stereocenters. The molecule has 31 heavy (non-hydrogen) atoms. The van der Waals surface area contributed by atoms with Gasteiger partial charge in [0, 0.05) is 0 Å². The second kappa shape index (κ2) is 11.7. The molecule has 0 amide bonds. The molecular weight excluding hydrogens is 641 g/mol. The Bertz CT molecular complexity index is 534. The van der Waals surface area contributed by atoms with E-state index in [1.807, 2.05) is 0 Å². The molecule has 0 heterocycles. The number of rotatable bonds is 3. The minimum atomic E-state index is -6.08. The molecule has 0 aromatic heterocycles. The molecule has 0 saturated carbocycles. The Morgan fingerprint density at radius 2 is 0.484 bits per heavy atom. The van der Waals surface area contributed by atoms with E-state index in [0.29, 0.717) is 0 Å². The summed E-state index contributed by atoms with van der Waals surface area (Å²) >= 11 is 0. The second-order valence-corrected chi connectivity index (χ2v) is 4.08. The van der Waals surface area contributed by atoms with E-state index >= 15 is 0 Å². The van der Waals surface area contributed by atoms with Crippen molar-refractivity contribution in [1.82, 2.24) is 0 Å². The molecule has 0 aliphatic heterocycles. The van der Waals surface area contributed by atoms with Crippen molar-refractivity contribution >= 4 is 17.9 Å².